The summed E-state index contributed by atoms with van der Waals surface area (Å²) in [4.78, 5) is 3.52. The van der Waals surface area contributed by atoms with Gasteiger partial charge in [0, 0.05) is 4.90 Å². The lowest BCUT2D eigenvalue weighted by atomic mass is 10.1. The number of nitrogen functional groups attached to an aromatic ring is 1. The molecule has 2 rings (SSSR count). The number of aromatic nitrogens is 3. The first kappa shape index (κ1) is 14.6. The maximum absolute atomic E-state index is 13.9. The second kappa shape index (κ2) is 4.97. The minimum absolute atomic E-state index is 0.229. The zero-order chi connectivity index (χ0) is 15.1. The molecule has 0 saturated heterocycles. The Kier molecular flexibility index (Phi) is 3.63. The van der Waals surface area contributed by atoms with Crippen LogP contribution in [0.5, 0.6) is 0 Å². The van der Waals surface area contributed by atoms with Crippen LogP contribution in [0.1, 0.15) is 18.3 Å². The summed E-state index contributed by atoms with van der Waals surface area (Å²) in [5, 5.41) is 3.19. The van der Waals surface area contributed by atoms with Gasteiger partial charge in [-0.25, -0.2) is 4.39 Å². The van der Waals surface area contributed by atoms with Crippen LogP contribution in [0.4, 0.5) is 23.5 Å². The van der Waals surface area contributed by atoms with Crippen LogP contribution in [-0.4, -0.2) is 14.8 Å². The predicted octanol–water partition coefficient (Wildman–Crippen LogP) is 2.86. The van der Waals surface area contributed by atoms with Gasteiger partial charge in [-0.3, -0.25) is 0 Å². The van der Waals surface area contributed by atoms with Crippen molar-refractivity contribution >= 4 is 18.6 Å². The fraction of sp³-hybridized carbons (Fsp3) is 0.273. The molecule has 0 aliphatic rings. The van der Waals surface area contributed by atoms with E-state index in [1.54, 1.807) is 6.92 Å². The van der Waals surface area contributed by atoms with Crippen molar-refractivity contribution in [3.8, 4) is 5.69 Å². The van der Waals surface area contributed by atoms with E-state index in [2.05, 4.69) is 22.7 Å². The fourth-order valence-electron chi connectivity index (χ4n) is 1.66. The van der Waals surface area contributed by atoms with Gasteiger partial charge in [0.05, 0.1) is 0 Å². The molecule has 1 heterocycles. The van der Waals surface area contributed by atoms with Crippen LogP contribution in [0.3, 0.4) is 0 Å². The van der Waals surface area contributed by atoms with Crippen LogP contribution in [-0.2, 0) is 12.6 Å². The monoisotopic (exact) mass is 306 g/mol. The molecule has 0 saturated carbocycles. The molecule has 0 aliphatic heterocycles. The molecule has 1 aromatic carbocycles. The number of hydrogen-bond donors (Lipinski definition) is 2. The van der Waals surface area contributed by atoms with Gasteiger partial charge < -0.3 is 5.73 Å². The van der Waals surface area contributed by atoms with Crippen molar-refractivity contribution in [2.75, 3.05) is 5.73 Å². The molecule has 0 aliphatic carbocycles. The normalized spacial score (nSPS) is 11.9. The van der Waals surface area contributed by atoms with Gasteiger partial charge in [-0.2, -0.15) is 22.8 Å². The van der Waals surface area contributed by atoms with Gasteiger partial charge in [-0.1, -0.05) is 6.92 Å². The average Bonchev–Trinajstić information content (AvgIpc) is 2.73. The zero-order valence-electron chi connectivity index (χ0n) is 10.2. The molecule has 9 heteroatoms. The SMILES string of the molecule is CCc1cc(F)c(-n2nc(C(F)(F)F)nc2N)cc1S. The third kappa shape index (κ3) is 2.58. The van der Waals surface area contributed by atoms with Crippen LogP contribution in [0, 0.1) is 5.82 Å². The summed E-state index contributed by atoms with van der Waals surface area (Å²) in [5.74, 6) is -2.71. The lowest BCUT2D eigenvalue weighted by Crippen LogP contribution is -2.09. The maximum Gasteiger partial charge on any atom is 0.453 e. The van der Waals surface area contributed by atoms with Gasteiger partial charge >= 0.3 is 6.18 Å². The quantitative estimate of drug-likeness (QED) is 0.662. The number of nitrogens with zero attached hydrogens (tertiary/aromatic N) is 3. The van der Waals surface area contributed by atoms with Crippen molar-refractivity contribution in [3.63, 3.8) is 0 Å². The van der Waals surface area contributed by atoms with Crippen molar-refractivity contribution in [2.24, 2.45) is 0 Å². The number of hydrogen-bond acceptors (Lipinski definition) is 4. The average molecular weight is 306 g/mol. The lowest BCUT2D eigenvalue weighted by Gasteiger charge is -2.08. The van der Waals surface area contributed by atoms with E-state index in [9.17, 15) is 17.6 Å². The number of benzene rings is 1. The Morgan fingerprint density at radius 2 is 2.00 bits per heavy atom. The molecule has 20 heavy (non-hydrogen) atoms. The Morgan fingerprint density at radius 3 is 2.50 bits per heavy atom. The smallest absolute Gasteiger partial charge is 0.368 e. The second-order valence-electron chi connectivity index (χ2n) is 3.99. The summed E-state index contributed by atoms with van der Waals surface area (Å²) in [6.07, 6.45) is -4.21. The highest BCUT2D eigenvalue weighted by molar-refractivity contribution is 7.80. The largest absolute Gasteiger partial charge is 0.453 e. The summed E-state index contributed by atoms with van der Waals surface area (Å²) >= 11 is 4.15. The number of halogens is 4. The van der Waals surface area contributed by atoms with E-state index in [-0.39, 0.29) is 5.69 Å². The summed E-state index contributed by atoms with van der Waals surface area (Å²) in [6, 6.07) is 2.45. The molecule has 0 amide bonds. The van der Waals surface area contributed by atoms with Gasteiger partial charge in [0.1, 0.15) is 11.5 Å². The lowest BCUT2D eigenvalue weighted by molar-refractivity contribution is -0.144. The van der Waals surface area contributed by atoms with Crippen LogP contribution in [0.2, 0.25) is 0 Å². The van der Waals surface area contributed by atoms with Crippen LogP contribution in [0.15, 0.2) is 17.0 Å². The summed E-state index contributed by atoms with van der Waals surface area (Å²) in [5.41, 5.74) is 5.76. The molecule has 0 unspecified atom stereocenters. The van der Waals surface area contributed by atoms with Crippen molar-refractivity contribution < 1.29 is 17.6 Å². The highest BCUT2D eigenvalue weighted by Gasteiger charge is 2.37. The fourth-order valence-corrected chi connectivity index (χ4v) is 2.00. The van der Waals surface area contributed by atoms with E-state index in [4.69, 9.17) is 5.73 Å². The van der Waals surface area contributed by atoms with Gasteiger partial charge in [0.25, 0.3) is 5.82 Å². The molecule has 0 fully saturated rings. The van der Waals surface area contributed by atoms with Crippen molar-refractivity contribution in [2.45, 2.75) is 24.4 Å². The maximum atomic E-state index is 13.9. The Labute approximate surface area is 117 Å². The van der Waals surface area contributed by atoms with Gasteiger partial charge in [-0.15, -0.1) is 17.7 Å². The van der Waals surface area contributed by atoms with Gasteiger partial charge in [-0.05, 0) is 24.1 Å². The molecule has 0 bridgehead atoms. The summed E-state index contributed by atoms with van der Waals surface area (Å²) in [6.45, 7) is 1.81. The Balaban J connectivity index is 2.58. The topological polar surface area (TPSA) is 56.7 Å². The number of anilines is 1. The number of aryl methyl sites for hydroxylation is 1. The highest BCUT2D eigenvalue weighted by atomic mass is 32.1. The van der Waals surface area contributed by atoms with E-state index in [1.165, 1.54) is 12.1 Å². The Hall–Kier alpha value is -1.77. The first-order valence-corrected chi connectivity index (χ1v) is 6.00. The standard InChI is InChI=1S/C11H10F4N4S/c1-2-5-3-6(12)7(4-8(5)20)19-10(16)17-9(18-19)11(13,14)15/h3-4,20H,2H2,1H3,(H2,16,17,18). The highest BCUT2D eigenvalue weighted by Crippen LogP contribution is 2.29. The summed E-state index contributed by atoms with van der Waals surface area (Å²) in [7, 11) is 0. The molecule has 2 aromatic rings. The van der Waals surface area contributed by atoms with E-state index < -0.39 is 23.8 Å². The van der Waals surface area contributed by atoms with E-state index in [0.29, 0.717) is 21.6 Å². The van der Waals surface area contributed by atoms with Gasteiger partial charge in [0.15, 0.2) is 0 Å². The van der Waals surface area contributed by atoms with Crippen LogP contribution < -0.4 is 5.73 Å². The van der Waals surface area contributed by atoms with Crippen molar-refractivity contribution in [3.05, 3.63) is 29.3 Å². The third-order valence-corrected chi connectivity index (χ3v) is 3.06. The molecule has 4 nitrogen and oxygen atoms in total. The van der Waals surface area contributed by atoms with Crippen LogP contribution >= 0.6 is 12.6 Å². The van der Waals surface area contributed by atoms with Crippen molar-refractivity contribution in [1.82, 2.24) is 14.8 Å². The first-order valence-electron chi connectivity index (χ1n) is 5.55. The van der Waals surface area contributed by atoms with Crippen LogP contribution in [0.25, 0.3) is 5.69 Å². The first-order chi connectivity index (χ1) is 9.24. The van der Waals surface area contributed by atoms with Gasteiger partial charge in [0.2, 0.25) is 5.95 Å². The number of alkyl halides is 3. The number of thiol groups is 1. The zero-order valence-corrected chi connectivity index (χ0v) is 11.1. The molecule has 108 valence electrons. The van der Waals surface area contributed by atoms with E-state index >= 15 is 0 Å². The summed E-state index contributed by atoms with van der Waals surface area (Å²) < 4.78 is 52.0. The van der Waals surface area contributed by atoms with E-state index in [1.807, 2.05) is 0 Å². The van der Waals surface area contributed by atoms with Crippen molar-refractivity contribution in [1.29, 1.82) is 0 Å². The predicted molar refractivity (Wildman–Crippen MR) is 67.4 cm³/mol. The Morgan fingerprint density at radius 1 is 1.35 bits per heavy atom. The molecule has 0 radical (unpaired) electrons. The third-order valence-electron chi connectivity index (χ3n) is 2.64. The minimum Gasteiger partial charge on any atom is -0.368 e. The molecule has 0 atom stereocenters. The molecule has 0 spiro atoms. The minimum atomic E-state index is -4.75. The molecule has 1 aromatic heterocycles. The number of rotatable bonds is 2. The second-order valence-corrected chi connectivity index (χ2v) is 4.47. The Bertz CT molecular complexity index is 651. The molecular weight excluding hydrogens is 296 g/mol. The molecule has 2 N–H and O–H groups in total. The number of nitrogens with two attached hydrogens (primary N) is 1. The molecular formula is C11H10F4N4S. The van der Waals surface area contributed by atoms with E-state index in [0.717, 1.165) is 0 Å².